The summed E-state index contributed by atoms with van der Waals surface area (Å²) in [5.41, 5.74) is 0. The molecule has 0 aromatic rings. The van der Waals surface area contributed by atoms with Crippen molar-refractivity contribution in [2.75, 3.05) is 0 Å². The van der Waals surface area contributed by atoms with Gasteiger partial charge in [-0.2, -0.15) is 0 Å². The van der Waals surface area contributed by atoms with Gasteiger partial charge in [-0.15, -0.1) is 0 Å². The molecule has 0 amide bonds. The Bertz CT molecular complexity index is 84.4. The maximum atomic E-state index is 4.96. The van der Waals surface area contributed by atoms with Crippen molar-refractivity contribution in [3.63, 3.8) is 0 Å². The van der Waals surface area contributed by atoms with Gasteiger partial charge in [0, 0.05) is 0 Å². The summed E-state index contributed by atoms with van der Waals surface area (Å²) >= 11 is 0. The molecule has 0 N–H and O–H groups in total. The van der Waals surface area contributed by atoms with E-state index in [4.69, 9.17) is 4.74 Å². The lowest BCUT2D eigenvalue weighted by molar-refractivity contribution is 0.205. The first-order valence-corrected chi connectivity index (χ1v) is 2.70. The largest absolute Gasteiger partial charge is 0.495 e. The molecule has 0 aromatic carbocycles. The lowest BCUT2D eigenvalue weighted by Gasteiger charge is -2.02. The van der Waals surface area contributed by atoms with E-state index < -0.39 is 0 Å². The van der Waals surface area contributed by atoms with E-state index >= 15 is 0 Å². The van der Waals surface area contributed by atoms with Crippen molar-refractivity contribution in [3.8, 4) is 0 Å². The van der Waals surface area contributed by atoms with E-state index in [-0.39, 0.29) is 6.10 Å². The van der Waals surface area contributed by atoms with Crippen molar-refractivity contribution in [2.24, 2.45) is 0 Å². The van der Waals surface area contributed by atoms with E-state index in [9.17, 15) is 0 Å². The molecule has 8 heavy (non-hydrogen) atoms. The first-order valence-electron chi connectivity index (χ1n) is 2.70. The fourth-order valence-electron chi connectivity index (χ4n) is 0.468. The average Bonchev–Trinajstić information content (AvgIpc) is 1.68. The molecule has 1 heteroatoms. The van der Waals surface area contributed by atoms with Crippen LogP contribution in [0.5, 0.6) is 0 Å². The summed E-state index contributed by atoms with van der Waals surface area (Å²) in [4.78, 5) is 0. The zero-order valence-electron chi connectivity index (χ0n) is 5.42. The summed E-state index contributed by atoms with van der Waals surface area (Å²) < 4.78 is 4.96. The Kier molecular flexibility index (Phi) is 4.04. The second kappa shape index (κ2) is 4.44. The molecule has 46 valence electrons. The van der Waals surface area contributed by atoms with E-state index in [1.807, 2.05) is 26.0 Å². The normalized spacial score (nSPS) is 13.8. The SMILES string of the molecule is C=COC(C)/C=C\C. The molecule has 0 fully saturated rings. The second-order valence-corrected chi connectivity index (χ2v) is 1.53. The summed E-state index contributed by atoms with van der Waals surface area (Å²) in [7, 11) is 0. The van der Waals surface area contributed by atoms with Crippen LogP contribution in [0.25, 0.3) is 0 Å². The number of hydrogen-bond acceptors (Lipinski definition) is 1. The van der Waals surface area contributed by atoms with Gasteiger partial charge >= 0.3 is 0 Å². The number of allylic oxidation sites excluding steroid dienone is 1. The predicted molar refractivity (Wildman–Crippen MR) is 35.6 cm³/mol. The minimum absolute atomic E-state index is 0.164. The molecule has 0 aliphatic carbocycles. The van der Waals surface area contributed by atoms with Crippen LogP contribution in [-0.4, -0.2) is 6.10 Å². The molecule has 0 radical (unpaired) electrons. The van der Waals surface area contributed by atoms with Gasteiger partial charge in [-0.1, -0.05) is 12.7 Å². The molecule has 0 aromatic heterocycles. The molecule has 0 aliphatic rings. The van der Waals surface area contributed by atoms with Crippen molar-refractivity contribution in [3.05, 3.63) is 25.0 Å². The number of hydrogen-bond donors (Lipinski definition) is 0. The van der Waals surface area contributed by atoms with E-state index in [2.05, 4.69) is 6.58 Å². The monoisotopic (exact) mass is 112 g/mol. The minimum atomic E-state index is 0.164. The highest BCUT2D eigenvalue weighted by atomic mass is 16.5. The van der Waals surface area contributed by atoms with Crippen molar-refractivity contribution >= 4 is 0 Å². The van der Waals surface area contributed by atoms with Crippen LogP contribution in [0.4, 0.5) is 0 Å². The van der Waals surface area contributed by atoms with E-state index in [0.29, 0.717) is 0 Å². The van der Waals surface area contributed by atoms with Gasteiger partial charge in [-0.25, -0.2) is 0 Å². The van der Waals surface area contributed by atoms with Gasteiger partial charge in [0.15, 0.2) is 0 Å². The van der Waals surface area contributed by atoms with Crippen LogP contribution in [-0.2, 0) is 4.74 Å². The van der Waals surface area contributed by atoms with Crippen LogP contribution >= 0.6 is 0 Å². The Balaban J connectivity index is 3.31. The summed E-state index contributed by atoms with van der Waals surface area (Å²) in [6.07, 6.45) is 5.53. The van der Waals surface area contributed by atoms with Gasteiger partial charge in [0.2, 0.25) is 0 Å². The first kappa shape index (κ1) is 7.28. The lowest BCUT2D eigenvalue weighted by Crippen LogP contribution is -1.96. The molecular formula is C7H12O. The zero-order valence-corrected chi connectivity index (χ0v) is 5.42. The molecule has 1 atom stereocenters. The molecule has 1 unspecified atom stereocenters. The van der Waals surface area contributed by atoms with Crippen LogP contribution in [0.1, 0.15) is 13.8 Å². The van der Waals surface area contributed by atoms with Crippen LogP contribution in [0.3, 0.4) is 0 Å². The maximum absolute atomic E-state index is 4.96. The van der Waals surface area contributed by atoms with E-state index in [0.717, 1.165) is 0 Å². The standard InChI is InChI=1S/C7H12O/c1-4-6-7(3)8-5-2/h4-7H,2H2,1,3H3/b6-4-. The molecule has 0 saturated carbocycles. The molecule has 0 heterocycles. The fourth-order valence-corrected chi connectivity index (χ4v) is 0.468. The summed E-state index contributed by atoms with van der Waals surface area (Å²) in [5.74, 6) is 0. The summed E-state index contributed by atoms with van der Waals surface area (Å²) in [5, 5.41) is 0. The van der Waals surface area contributed by atoms with Crippen molar-refractivity contribution in [1.82, 2.24) is 0 Å². The Morgan fingerprint density at radius 2 is 2.25 bits per heavy atom. The predicted octanol–water partition coefficient (Wildman–Crippen LogP) is 2.11. The van der Waals surface area contributed by atoms with Gasteiger partial charge in [-0.3, -0.25) is 0 Å². The fraction of sp³-hybridized carbons (Fsp3) is 0.429. The van der Waals surface area contributed by atoms with Gasteiger partial charge in [0.25, 0.3) is 0 Å². The third-order valence-corrected chi connectivity index (χ3v) is 0.774. The van der Waals surface area contributed by atoms with Crippen LogP contribution in [0, 0.1) is 0 Å². The van der Waals surface area contributed by atoms with Crippen LogP contribution in [0.2, 0.25) is 0 Å². The van der Waals surface area contributed by atoms with Crippen molar-refractivity contribution in [1.29, 1.82) is 0 Å². The van der Waals surface area contributed by atoms with Gasteiger partial charge < -0.3 is 4.74 Å². The Hall–Kier alpha value is -0.720. The zero-order chi connectivity index (χ0) is 6.41. The quantitative estimate of drug-likeness (QED) is 0.401. The highest BCUT2D eigenvalue weighted by Crippen LogP contribution is 1.90. The lowest BCUT2D eigenvalue weighted by atomic mass is 10.4. The number of rotatable bonds is 3. The smallest absolute Gasteiger partial charge is 0.113 e. The molecule has 0 saturated heterocycles. The highest BCUT2D eigenvalue weighted by Gasteiger charge is 1.87. The second-order valence-electron chi connectivity index (χ2n) is 1.53. The van der Waals surface area contributed by atoms with Crippen LogP contribution < -0.4 is 0 Å². The maximum Gasteiger partial charge on any atom is 0.113 e. The first-order chi connectivity index (χ1) is 3.81. The molecule has 0 rings (SSSR count). The molecule has 0 aliphatic heterocycles. The Labute approximate surface area is 50.7 Å². The topological polar surface area (TPSA) is 9.23 Å². The van der Waals surface area contributed by atoms with Crippen molar-refractivity contribution < 1.29 is 4.74 Å². The molecule has 0 bridgehead atoms. The van der Waals surface area contributed by atoms with E-state index in [1.54, 1.807) is 0 Å². The van der Waals surface area contributed by atoms with Gasteiger partial charge in [0.1, 0.15) is 6.10 Å². The summed E-state index contributed by atoms with van der Waals surface area (Å²) in [6, 6.07) is 0. The van der Waals surface area contributed by atoms with Gasteiger partial charge in [-0.05, 0) is 19.9 Å². The minimum Gasteiger partial charge on any atom is -0.495 e. The van der Waals surface area contributed by atoms with Gasteiger partial charge in [0.05, 0.1) is 6.26 Å². The number of ether oxygens (including phenoxy) is 1. The van der Waals surface area contributed by atoms with Crippen molar-refractivity contribution in [2.45, 2.75) is 20.0 Å². The highest BCUT2D eigenvalue weighted by molar-refractivity contribution is 4.84. The molecule has 0 spiro atoms. The summed E-state index contributed by atoms with van der Waals surface area (Å²) in [6.45, 7) is 7.35. The Morgan fingerprint density at radius 1 is 1.62 bits per heavy atom. The molecule has 1 nitrogen and oxygen atoms in total. The molecular weight excluding hydrogens is 100 g/mol. The third-order valence-electron chi connectivity index (χ3n) is 0.774. The average molecular weight is 112 g/mol. The van der Waals surface area contributed by atoms with Crippen LogP contribution in [0.15, 0.2) is 25.0 Å². The third kappa shape index (κ3) is 3.47. The van der Waals surface area contributed by atoms with E-state index in [1.165, 1.54) is 6.26 Å². The Morgan fingerprint density at radius 3 is 2.62 bits per heavy atom.